The molecule has 0 aromatic heterocycles. The van der Waals surface area contributed by atoms with Crippen LogP contribution >= 0.6 is 0 Å². The van der Waals surface area contributed by atoms with Gasteiger partial charge in [0.15, 0.2) is 0 Å². The molecule has 2 aromatic carbocycles. The molecule has 27 heavy (non-hydrogen) atoms. The van der Waals surface area contributed by atoms with Crippen molar-refractivity contribution < 1.29 is 28.6 Å². The van der Waals surface area contributed by atoms with E-state index in [1.165, 1.54) is 33.4 Å². The summed E-state index contributed by atoms with van der Waals surface area (Å²) in [6, 6.07) is 12.2. The predicted octanol–water partition coefficient (Wildman–Crippen LogP) is 2.06. The van der Waals surface area contributed by atoms with E-state index in [4.69, 9.17) is 14.2 Å². The first-order valence-corrected chi connectivity index (χ1v) is 8.00. The summed E-state index contributed by atoms with van der Waals surface area (Å²) in [5.74, 6) is -0.824. The van der Waals surface area contributed by atoms with Crippen LogP contribution in [0.25, 0.3) is 0 Å². The Labute approximate surface area is 156 Å². The van der Waals surface area contributed by atoms with Gasteiger partial charge >= 0.3 is 12.0 Å². The summed E-state index contributed by atoms with van der Waals surface area (Å²) < 4.78 is 15.7. The van der Waals surface area contributed by atoms with Crippen LogP contribution in [0.3, 0.4) is 0 Å². The standard InChI is InChI=1S/C19H20N2O6/c1-20-19(24)21-17(22)16(12-7-5-4-6-8-12)27-18(23)14-10-9-13(25-2)11-15(14)26-3/h4-11,16H,1-3H3,(H2,20,21,22,24)/t16-/m0/s1. The number of hydrogen-bond donors (Lipinski definition) is 2. The van der Waals surface area contributed by atoms with Crippen molar-refractivity contribution in [3.05, 3.63) is 59.7 Å². The maximum absolute atomic E-state index is 12.6. The summed E-state index contributed by atoms with van der Waals surface area (Å²) in [4.78, 5) is 36.5. The molecule has 0 saturated heterocycles. The Balaban J connectivity index is 2.31. The van der Waals surface area contributed by atoms with Crippen molar-refractivity contribution in [2.45, 2.75) is 6.10 Å². The average Bonchev–Trinajstić information content (AvgIpc) is 2.71. The number of hydrogen-bond acceptors (Lipinski definition) is 6. The minimum absolute atomic E-state index is 0.118. The Hall–Kier alpha value is -3.55. The summed E-state index contributed by atoms with van der Waals surface area (Å²) in [7, 11) is 4.26. The van der Waals surface area contributed by atoms with Crippen LogP contribution in [0.15, 0.2) is 48.5 Å². The van der Waals surface area contributed by atoms with E-state index < -0.39 is 24.0 Å². The van der Waals surface area contributed by atoms with Crippen molar-refractivity contribution in [1.29, 1.82) is 0 Å². The van der Waals surface area contributed by atoms with Gasteiger partial charge in [-0.1, -0.05) is 30.3 Å². The lowest BCUT2D eigenvalue weighted by Crippen LogP contribution is -2.41. The van der Waals surface area contributed by atoms with Crippen molar-refractivity contribution in [3.63, 3.8) is 0 Å². The molecule has 0 heterocycles. The van der Waals surface area contributed by atoms with E-state index in [-0.39, 0.29) is 11.3 Å². The van der Waals surface area contributed by atoms with Gasteiger partial charge < -0.3 is 19.5 Å². The highest BCUT2D eigenvalue weighted by molar-refractivity contribution is 5.99. The zero-order chi connectivity index (χ0) is 19.8. The van der Waals surface area contributed by atoms with Gasteiger partial charge in [-0.05, 0) is 12.1 Å². The van der Waals surface area contributed by atoms with Gasteiger partial charge in [0.1, 0.15) is 17.1 Å². The molecule has 0 spiro atoms. The van der Waals surface area contributed by atoms with E-state index >= 15 is 0 Å². The Bertz CT molecular complexity index is 822. The molecule has 2 rings (SSSR count). The smallest absolute Gasteiger partial charge is 0.343 e. The van der Waals surface area contributed by atoms with E-state index in [0.29, 0.717) is 11.3 Å². The van der Waals surface area contributed by atoms with E-state index in [0.717, 1.165) is 0 Å². The highest BCUT2D eigenvalue weighted by Crippen LogP contribution is 2.27. The highest BCUT2D eigenvalue weighted by Gasteiger charge is 2.28. The topological polar surface area (TPSA) is 103 Å². The number of carbonyl (C=O) groups is 3. The van der Waals surface area contributed by atoms with Gasteiger partial charge in [0.05, 0.1) is 14.2 Å². The second-order valence-corrected chi connectivity index (χ2v) is 5.33. The monoisotopic (exact) mass is 372 g/mol. The lowest BCUT2D eigenvalue weighted by Gasteiger charge is -2.18. The second-order valence-electron chi connectivity index (χ2n) is 5.33. The number of esters is 1. The molecule has 1 atom stereocenters. The zero-order valence-corrected chi connectivity index (χ0v) is 15.1. The summed E-state index contributed by atoms with van der Waals surface area (Å²) in [6.45, 7) is 0. The zero-order valence-electron chi connectivity index (χ0n) is 15.1. The van der Waals surface area contributed by atoms with Crippen LogP contribution in [0.2, 0.25) is 0 Å². The van der Waals surface area contributed by atoms with Crippen LogP contribution < -0.4 is 20.1 Å². The minimum atomic E-state index is -1.32. The third kappa shape index (κ3) is 4.97. The number of methoxy groups -OCH3 is 2. The van der Waals surface area contributed by atoms with E-state index in [2.05, 4.69) is 10.6 Å². The molecule has 0 bridgehead atoms. The van der Waals surface area contributed by atoms with Crippen LogP contribution in [-0.4, -0.2) is 39.2 Å². The van der Waals surface area contributed by atoms with E-state index in [1.54, 1.807) is 36.4 Å². The van der Waals surface area contributed by atoms with Gasteiger partial charge in [0.2, 0.25) is 6.10 Å². The third-order valence-corrected chi connectivity index (χ3v) is 3.66. The number of benzene rings is 2. The number of nitrogens with one attached hydrogen (secondary N) is 2. The average molecular weight is 372 g/mol. The Morgan fingerprint density at radius 2 is 1.67 bits per heavy atom. The molecule has 0 aliphatic rings. The summed E-state index contributed by atoms with van der Waals surface area (Å²) in [5.41, 5.74) is 0.534. The SMILES string of the molecule is CNC(=O)NC(=O)[C@@H](OC(=O)c1ccc(OC)cc1OC)c1ccccc1. The lowest BCUT2D eigenvalue weighted by molar-refractivity contribution is -0.129. The summed E-state index contributed by atoms with van der Waals surface area (Å²) in [6.07, 6.45) is -1.32. The van der Waals surface area contributed by atoms with Gasteiger partial charge in [-0.3, -0.25) is 10.1 Å². The molecular weight excluding hydrogens is 352 g/mol. The summed E-state index contributed by atoms with van der Waals surface area (Å²) in [5, 5.41) is 4.39. The number of rotatable bonds is 6. The fourth-order valence-electron chi connectivity index (χ4n) is 2.28. The molecule has 0 fully saturated rings. The van der Waals surface area contributed by atoms with Crippen molar-refractivity contribution in [2.24, 2.45) is 0 Å². The molecule has 0 radical (unpaired) electrons. The quantitative estimate of drug-likeness (QED) is 0.753. The predicted molar refractivity (Wildman–Crippen MR) is 96.7 cm³/mol. The molecule has 8 nitrogen and oxygen atoms in total. The summed E-state index contributed by atoms with van der Waals surface area (Å²) >= 11 is 0. The number of amides is 3. The minimum Gasteiger partial charge on any atom is -0.497 e. The molecule has 0 aliphatic carbocycles. The molecule has 0 unspecified atom stereocenters. The van der Waals surface area contributed by atoms with Crippen molar-refractivity contribution in [3.8, 4) is 11.5 Å². The first-order valence-electron chi connectivity index (χ1n) is 8.00. The largest absolute Gasteiger partial charge is 0.497 e. The normalized spacial score (nSPS) is 11.1. The first kappa shape index (κ1) is 19.8. The van der Waals surface area contributed by atoms with E-state index in [1.807, 2.05) is 0 Å². The van der Waals surface area contributed by atoms with Gasteiger partial charge in [0, 0.05) is 18.7 Å². The van der Waals surface area contributed by atoms with Gasteiger partial charge in [-0.2, -0.15) is 0 Å². The molecule has 142 valence electrons. The van der Waals surface area contributed by atoms with Crippen LogP contribution in [0, 0.1) is 0 Å². The Morgan fingerprint density at radius 1 is 0.963 bits per heavy atom. The fraction of sp³-hybridized carbons (Fsp3) is 0.211. The molecular formula is C19H20N2O6. The van der Waals surface area contributed by atoms with Crippen molar-refractivity contribution in [2.75, 3.05) is 21.3 Å². The first-order chi connectivity index (χ1) is 13.0. The number of carbonyl (C=O) groups excluding carboxylic acids is 3. The Kier molecular flexibility index (Phi) is 6.76. The maximum Gasteiger partial charge on any atom is 0.343 e. The fourth-order valence-corrected chi connectivity index (χ4v) is 2.28. The van der Waals surface area contributed by atoms with Crippen LogP contribution in [-0.2, 0) is 9.53 Å². The maximum atomic E-state index is 12.6. The lowest BCUT2D eigenvalue weighted by atomic mass is 10.1. The van der Waals surface area contributed by atoms with Crippen LogP contribution in [0.1, 0.15) is 22.0 Å². The van der Waals surface area contributed by atoms with Gasteiger partial charge in [-0.25, -0.2) is 9.59 Å². The number of urea groups is 1. The Morgan fingerprint density at radius 3 is 2.26 bits per heavy atom. The molecule has 0 aliphatic heterocycles. The third-order valence-electron chi connectivity index (χ3n) is 3.66. The van der Waals surface area contributed by atoms with E-state index in [9.17, 15) is 14.4 Å². The molecule has 0 saturated carbocycles. The highest BCUT2D eigenvalue weighted by atomic mass is 16.6. The number of ether oxygens (including phenoxy) is 3. The molecule has 3 amide bonds. The molecule has 2 aromatic rings. The van der Waals surface area contributed by atoms with Crippen LogP contribution in [0.5, 0.6) is 11.5 Å². The van der Waals surface area contributed by atoms with Crippen molar-refractivity contribution >= 4 is 17.9 Å². The van der Waals surface area contributed by atoms with Gasteiger partial charge in [-0.15, -0.1) is 0 Å². The van der Waals surface area contributed by atoms with Gasteiger partial charge in [0.25, 0.3) is 5.91 Å². The molecule has 2 N–H and O–H groups in total. The van der Waals surface area contributed by atoms with Crippen molar-refractivity contribution in [1.82, 2.24) is 10.6 Å². The van der Waals surface area contributed by atoms with Crippen LogP contribution in [0.4, 0.5) is 4.79 Å². The second kappa shape index (κ2) is 9.23. The molecule has 8 heteroatoms. The number of imide groups is 1.